The fourth-order valence-electron chi connectivity index (χ4n) is 3.07. The van der Waals surface area contributed by atoms with Gasteiger partial charge >= 0.3 is 0 Å². The van der Waals surface area contributed by atoms with Crippen molar-refractivity contribution in [3.8, 4) is 0 Å². The third kappa shape index (κ3) is 1.73. The van der Waals surface area contributed by atoms with Gasteiger partial charge in [0, 0.05) is 45.2 Å². The van der Waals surface area contributed by atoms with Crippen molar-refractivity contribution in [2.45, 2.75) is 18.5 Å². The molecule has 5 heteroatoms. The molecule has 0 aromatic carbocycles. The van der Waals surface area contributed by atoms with E-state index in [1.54, 1.807) is 0 Å². The summed E-state index contributed by atoms with van der Waals surface area (Å²) in [5, 5.41) is 3.35. The van der Waals surface area contributed by atoms with Gasteiger partial charge in [-0.2, -0.15) is 0 Å². The molecule has 5 nitrogen and oxygen atoms in total. The van der Waals surface area contributed by atoms with Gasteiger partial charge in [-0.15, -0.1) is 0 Å². The van der Waals surface area contributed by atoms with Crippen LogP contribution in [0.1, 0.15) is 6.42 Å². The van der Waals surface area contributed by atoms with Gasteiger partial charge in [0.25, 0.3) is 0 Å². The van der Waals surface area contributed by atoms with Gasteiger partial charge in [0.2, 0.25) is 5.91 Å². The van der Waals surface area contributed by atoms with Crippen molar-refractivity contribution < 1.29 is 9.53 Å². The van der Waals surface area contributed by atoms with Crippen LogP contribution in [0.5, 0.6) is 0 Å². The molecule has 2 unspecified atom stereocenters. The molecule has 0 radical (unpaired) electrons. The fourth-order valence-corrected chi connectivity index (χ4v) is 3.07. The lowest BCUT2D eigenvalue weighted by Gasteiger charge is -2.39. The number of nitrogens with zero attached hydrogens (tertiary/aromatic N) is 2. The third-order valence-corrected chi connectivity index (χ3v) is 3.93. The van der Waals surface area contributed by atoms with E-state index in [-0.39, 0.29) is 0 Å². The van der Waals surface area contributed by atoms with Crippen molar-refractivity contribution in [1.82, 2.24) is 15.1 Å². The highest BCUT2D eigenvalue weighted by molar-refractivity contribution is 5.80. The highest BCUT2D eigenvalue weighted by atomic mass is 16.5. The van der Waals surface area contributed by atoms with Gasteiger partial charge in [-0.05, 0) is 0 Å². The highest BCUT2D eigenvalue weighted by Crippen LogP contribution is 2.26. The second-order valence-corrected chi connectivity index (χ2v) is 4.79. The number of fused-ring (bicyclic) bond motifs is 1. The zero-order valence-electron chi connectivity index (χ0n) is 9.52. The van der Waals surface area contributed by atoms with Crippen LogP contribution in [0.3, 0.4) is 0 Å². The number of carbonyl (C=O) groups is 1. The van der Waals surface area contributed by atoms with Crippen molar-refractivity contribution >= 4 is 5.91 Å². The number of rotatable bonds is 1. The van der Waals surface area contributed by atoms with Crippen molar-refractivity contribution in [2.75, 3.05) is 45.9 Å². The maximum atomic E-state index is 11.9. The summed E-state index contributed by atoms with van der Waals surface area (Å²) < 4.78 is 5.52. The topological polar surface area (TPSA) is 44.8 Å². The van der Waals surface area contributed by atoms with Crippen molar-refractivity contribution in [1.29, 1.82) is 0 Å². The van der Waals surface area contributed by atoms with E-state index in [9.17, 15) is 4.79 Å². The van der Waals surface area contributed by atoms with E-state index in [4.69, 9.17) is 4.74 Å². The first-order valence-corrected chi connectivity index (χ1v) is 6.18. The lowest BCUT2D eigenvalue weighted by atomic mass is 10.1. The Morgan fingerprint density at radius 1 is 1.19 bits per heavy atom. The molecule has 0 aliphatic carbocycles. The van der Waals surface area contributed by atoms with Gasteiger partial charge in [0.1, 0.15) is 0 Å². The first kappa shape index (κ1) is 10.5. The van der Waals surface area contributed by atoms with Gasteiger partial charge in [-0.25, -0.2) is 0 Å². The number of ether oxygens (including phenoxy) is 1. The minimum Gasteiger partial charge on any atom is -0.377 e. The van der Waals surface area contributed by atoms with Gasteiger partial charge in [-0.1, -0.05) is 0 Å². The van der Waals surface area contributed by atoms with E-state index in [1.165, 1.54) is 0 Å². The van der Waals surface area contributed by atoms with E-state index in [0.29, 0.717) is 31.0 Å². The molecule has 3 rings (SSSR count). The van der Waals surface area contributed by atoms with Crippen molar-refractivity contribution in [3.05, 3.63) is 0 Å². The SMILES string of the molecule is O=C1CC(N2CCNCC2)C2COCCN12. The summed E-state index contributed by atoms with van der Waals surface area (Å²) >= 11 is 0. The van der Waals surface area contributed by atoms with Crippen LogP contribution in [0.15, 0.2) is 0 Å². The molecule has 16 heavy (non-hydrogen) atoms. The second kappa shape index (κ2) is 4.31. The molecule has 0 aromatic heterocycles. The van der Waals surface area contributed by atoms with Crippen molar-refractivity contribution in [2.24, 2.45) is 0 Å². The Kier molecular flexibility index (Phi) is 2.83. The van der Waals surface area contributed by atoms with Crippen LogP contribution >= 0.6 is 0 Å². The maximum Gasteiger partial charge on any atom is 0.224 e. The minimum atomic E-state index is 0.305. The molecule has 3 aliphatic rings. The molecule has 1 amide bonds. The quantitative estimate of drug-likeness (QED) is 0.615. The average Bonchev–Trinajstić information content (AvgIpc) is 2.69. The Labute approximate surface area is 95.7 Å². The Morgan fingerprint density at radius 2 is 2.00 bits per heavy atom. The number of hydrogen-bond acceptors (Lipinski definition) is 4. The second-order valence-electron chi connectivity index (χ2n) is 4.79. The summed E-state index contributed by atoms with van der Waals surface area (Å²) in [6.45, 7) is 6.41. The summed E-state index contributed by atoms with van der Waals surface area (Å²) in [5.74, 6) is 0.317. The first-order valence-electron chi connectivity index (χ1n) is 6.18. The summed E-state index contributed by atoms with van der Waals surface area (Å²) in [5.41, 5.74) is 0. The fraction of sp³-hybridized carbons (Fsp3) is 0.909. The average molecular weight is 225 g/mol. The molecule has 3 saturated heterocycles. The van der Waals surface area contributed by atoms with E-state index >= 15 is 0 Å². The molecule has 2 atom stereocenters. The zero-order valence-corrected chi connectivity index (χ0v) is 9.52. The predicted molar refractivity (Wildman–Crippen MR) is 59.2 cm³/mol. The number of morpholine rings is 1. The molecular weight excluding hydrogens is 206 g/mol. The summed E-state index contributed by atoms with van der Waals surface area (Å²) in [7, 11) is 0. The number of carbonyl (C=O) groups excluding carboxylic acids is 1. The first-order chi connectivity index (χ1) is 7.86. The van der Waals surface area contributed by atoms with E-state index in [0.717, 1.165) is 39.3 Å². The maximum absolute atomic E-state index is 11.9. The Bertz CT molecular complexity index is 278. The van der Waals surface area contributed by atoms with Gasteiger partial charge in [0.05, 0.1) is 19.3 Å². The number of piperazine rings is 1. The zero-order chi connectivity index (χ0) is 11.0. The summed E-state index contributed by atoms with van der Waals surface area (Å²) in [4.78, 5) is 16.4. The third-order valence-electron chi connectivity index (χ3n) is 3.93. The number of amides is 1. The molecule has 0 spiro atoms. The molecule has 0 aromatic rings. The number of hydrogen-bond donors (Lipinski definition) is 1. The molecule has 0 saturated carbocycles. The Balaban J connectivity index is 1.72. The molecule has 3 aliphatic heterocycles. The summed E-state index contributed by atoms with van der Waals surface area (Å²) in [6, 6.07) is 0.689. The normalized spacial score (nSPS) is 36.5. The Hall–Kier alpha value is -0.650. The van der Waals surface area contributed by atoms with Crippen LogP contribution < -0.4 is 5.32 Å². The van der Waals surface area contributed by atoms with E-state index in [1.807, 2.05) is 4.90 Å². The largest absolute Gasteiger partial charge is 0.377 e. The van der Waals surface area contributed by atoms with Gasteiger partial charge in [-0.3, -0.25) is 9.69 Å². The molecule has 0 bridgehead atoms. The van der Waals surface area contributed by atoms with E-state index in [2.05, 4.69) is 10.2 Å². The lowest BCUT2D eigenvalue weighted by Crippen LogP contribution is -2.55. The van der Waals surface area contributed by atoms with Crippen LogP contribution in [0, 0.1) is 0 Å². The van der Waals surface area contributed by atoms with Crippen LogP contribution in [-0.2, 0) is 9.53 Å². The van der Waals surface area contributed by atoms with Crippen LogP contribution in [0.2, 0.25) is 0 Å². The van der Waals surface area contributed by atoms with Crippen LogP contribution in [0.25, 0.3) is 0 Å². The smallest absolute Gasteiger partial charge is 0.224 e. The molecule has 1 N–H and O–H groups in total. The van der Waals surface area contributed by atoms with E-state index < -0.39 is 0 Å². The molecule has 90 valence electrons. The van der Waals surface area contributed by atoms with Crippen molar-refractivity contribution in [3.63, 3.8) is 0 Å². The lowest BCUT2D eigenvalue weighted by molar-refractivity contribution is -0.133. The minimum absolute atomic E-state index is 0.305. The standard InChI is InChI=1S/C11H19N3O2/c15-11-7-9(13-3-1-12-2-4-13)10-8-16-6-5-14(10)11/h9-10,12H,1-8H2. The predicted octanol–water partition coefficient (Wildman–Crippen LogP) is -1.11. The molecular formula is C11H19N3O2. The summed E-state index contributed by atoms with van der Waals surface area (Å²) in [6.07, 6.45) is 0.689. The van der Waals surface area contributed by atoms with Gasteiger partial charge < -0.3 is 15.0 Å². The van der Waals surface area contributed by atoms with Crippen LogP contribution in [0.4, 0.5) is 0 Å². The number of nitrogens with one attached hydrogen (secondary N) is 1. The van der Waals surface area contributed by atoms with Gasteiger partial charge in [0.15, 0.2) is 0 Å². The molecule has 3 fully saturated rings. The van der Waals surface area contributed by atoms with Crippen LogP contribution in [-0.4, -0.2) is 73.7 Å². The Morgan fingerprint density at radius 3 is 2.81 bits per heavy atom. The monoisotopic (exact) mass is 225 g/mol. The highest BCUT2D eigenvalue weighted by Gasteiger charge is 2.44. The molecule has 3 heterocycles.